The van der Waals surface area contributed by atoms with Crippen LogP contribution in [0, 0.1) is 5.82 Å². The molecule has 1 saturated carbocycles. The zero-order chi connectivity index (χ0) is 24.1. The van der Waals surface area contributed by atoms with Crippen LogP contribution in [0.1, 0.15) is 75.5 Å². The van der Waals surface area contributed by atoms with Gasteiger partial charge in [0.05, 0.1) is 18.1 Å². The molecule has 2 aromatic heterocycles. The minimum absolute atomic E-state index is 0.0606. The van der Waals surface area contributed by atoms with Crippen LogP contribution < -0.4 is 5.43 Å². The number of allylic oxidation sites excluding steroid dienone is 1. The van der Waals surface area contributed by atoms with E-state index in [1.165, 1.54) is 12.3 Å². The number of carbonyl (C=O) groups is 1. The summed E-state index contributed by atoms with van der Waals surface area (Å²) in [5.41, 5.74) is 0.872. The lowest BCUT2D eigenvalue weighted by Gasteiger charge is -2.38. The second-order valence-corrected chi connectivity index (χ2v) is 15.3. The summed E-state index contributed by atoms with van der Waals surface area (Å²) in [6.07, 6.45) is 6.78. The Kier molecular flexibility index (Phi) is 6.11. The van der Waals surface area contributed by atoms with Gasteiger partial charge in [0, 0.05) is 12.2 Å². The fourth-order valence-electron chi connectivity index (χ4n) is 3.99. The third-order valence-corrected chi connectivity index (χ3v) is 11.5. The molecule has 6 nitrogen and oxygen atoms in total. The van der Waals surface area contributed by atoms with Gasteiger partial charge < -0.3 is 13.7 Å². The lowest BCUT2D eigenvalue weighted by atomic mass is 10.1. The Labute approximate surface area is 194 Å². The number of nitrogens with zero attached hydrogens (tertiary/aromatic N) is 2. The van der Waals surface area contributed by atoms with Crippen molar-refractivity contribution in [3.05, 3.63) is 45.6 Å². The van der Waals surface area contributed by atoms with Crippen molar-refractivity contribution in [2.45, 2.75) is 83.7 Å². The molecule has 33 heavy (non-hydrogen) atoms. The van der Waals surface area contributed by atoms with Crippen molar-refractivity contribution in [3.8, 4) is 0 Å². The maximum absolute atomic E-state index is 15.2. The predicted molar refractivity (Wildman–Crippen MR) is 129 cm³/mol. The number of hydrogen-bond acceptors (Lipinski definition) is 5. The molecule has 178 valence electrons. The Morgan fingerprint density at radius 1 is 1.27 bits per heavy atom. The second-order valence-electron chi connectivity index (χ2n) is 10.6. The third-order valence-electron chi connectivity index (χ3n) is 7.04. The minimum Gasteiger partial charge on any atom is -0.462 e. The molecule has 0 radical (unpaired) electrons. The van der Waals surface area contributed by atoms with E-state index in [4.69, 9.17) is 9.16 Å². The van der Waals surface area contributed by atoms with Crippen LogP contribution in [0.2, 0.25) is 18.1 Å². The van der Waals surface area contributed by atoms with Gasteiger partial charge in [-0.1, -0.05) is 26.8 Å². The number of aromatic nitrogens is 2. The summed E-state index contributed by atoms with van der Waals surface area (Å²) in [5, 5.41) is 0.203. The number of hydrogen-bond donors (Lipinski definition) is 0. The highest BCUT2D eigenvalue weighted by atomic mass is 28.4. The van der Waals surface area contributed by atoms with Gasteiger partial charge in [-0.05, 0) is 62.4 Å². The molecule has 1 atom stereocenters. The van der Waals surface area contributed by atoms with Crippen molar-refractivity contribution in [3.63, 3.8) is 0 Å². The van der Waals surface area contributed by atoms with E-state index in [9.17, 15) is 9.59 Å². The standard InChI is InChI=1S/C25H33FN2O4Si/c1-7-31-24(30)19-14-28(16-9-10-16)23-18(22(19)29)13-20(26)21(27-23)15-8-11-17(12-15)32-33(5,6)25(2,3)4/h12-14,16-17H,7-11H2,1-6H3. The van der Waals surface area contributed by atoms with Crippen LogP contribution >= 0.6 is 0 Å². The van der Waals surface area contributed by atoms with Crippen LogP contribution in [-0.2, 0) is 9.16 Å². The Morgan fingerprint density at radius 2 is 1.97 bits per heavy atom. The topological polar surface area (TPSA) is 70.4 Å². The molecule has 8 heteroatoms. The number of fused-ring (bicyclic) bond motifs is 1. The van der Waals surface area contributed by atoms with Crippen LogP contribution in [-0.4, -0.2) is 36.5 Å². The number of halogens is 1. The van der Waals surface area contributed by atoms with Crippen molar-refractivity contribution in [1.29, 1.82) is 0 Å². The lowest BCUT2D eigenvalue weighted by molar-refractivity contribution is 0.0524. The Balaban J connectivity index is 1.75. The lowest BCUT2D eigenvalue weighted by Crippen LogP contribution is -2.43. The third kappa shape index (κ3) is 4.55. The quantitative estimate of drug-likeness (QED) is 0.403. The first-order valence-electron chi connectivity index (χ1n) is 11.7. The number of esters is 1. The van der Waals surface area contributed by atoms with Crippen LogP contribution in [0.25, 0.3) is 16.6 Å². The zero-order valence-electron chi connectivity index (χ0n) is 20.3. The molecule has 0 spiro atoms. The molecule has 2 aromatic rings. The number of carbonyl (C=O) groups excluding carboxylic acids is 1. The van der Waals surface area contributed by atoms with Crippen LogP contribution in [0.4, 0.5) is 4.39 Å². The summed E-state index contributed by atoms with van der Waals surface area (Å²) in [4.78, 5) is 29.9. The monoisotopic (exact) mass is 472 g/mol. The highest BCUT2D eigenvalue weighted by molar-refractivity contribution is 6.74. The molecule has 0 N–H and O–H groups in total. The van der Waals surface area contributed by atoms with Crippen LogP contribution in [0.3, 0.4) is 0 Å². The normalized spacial score (nSPS) is 19.1. The molecule has 1 fully saturated rings. The van der Waals surface area contributed by atoms with Gasteiger partial charge in [0.1, 0.15) is 22.7 Å². The summed E-state index contributed by atoms with van der Waals surface area (Å²) in [5.74, 6) is -1.24. The van der Waals surface area contributed by atoms with Gasteiger partial charge in [-0.3, -0.25) is 4.79 Å². The average Bonchev–Trinajstić information content (AvgIpc) is 3.46. The second kappa shape index (κ2) is 8.47. The summed E-state index contributed by atoms with van der Waals surface area (Å²) in [6.45, 7) is 12.9. The predicted octanol–water partition coefficient (Wildman–Crippen LogP) is 5.61. The molecule has 2 heterocycles. The molecule has 0 bridgehead atoms. The van der Waals surface area contributed by atoms with E-state index in [2.05, 4.69) is 38.8 Å². The Morgan fingerprint density at radius 3 is 2.58 bits per heavy atom. The van der Waals surface area contributed by atoms with E-state index in [-0.39, 0.29) is 40.4 Å². The highest BCUT2D eigenvalue weighted by Gasteiger charge is 2.39. The fraction of sp³-hybridized carbons (Fsp3) is 0.560. The van der Waals surface area contributed by atoms with E-state index in [1.54, 1.807) is 6.92 Å². The molecule has 2 aliphatic carbocycles. The molecule has 0 aliphatic heterocycles. The summed E-state index contributed by atoms with van der Waals surface area (Å²) in [7, 11) is -1.95. The molecule has 0 amide bonds. The van der Waals surface area contributed by atoms with Crippen molar-refractivity contribution < 1.29 is 18.3 Å². The van der Waals surface area contributed by atoms with E-state index in [1.807, 2.05) is 10.6 Å². The summed E-state index contributed by atoms with van der Waals surface area (Å²) >= 11 is 0. The average molecular weight is 473 g/mol. The maximum Gasteiger partial charge on any atom is 0.343 e. The van der Waals surface area contributed by atoms with E-state index >= 15 is 4.39 Å². The van der Waals surface area contributed by atoms with Crippen molar-refractivity contribution in [2.75, 3.05) is 6.61 Å². The molecule has 1 unspecified atom stereocenters. The van der Waals surface area contributed by atoms with E-state index < -0.39 is 25.5 Å². The molecule has 4 rings (SSSR count). The molecule has 0 aromatic carbocycles. The smallest absolute Gasteiger partial charge is 0.343 e. The number of ether oxygens (including phenoxy) is 1. The highest BCUT2D eigenvalue weighted by Crippen LogP contribution is 2.41. The first kappa shape index (κ1) is 23.8. The van der Waals surface area contributed by atoms with Crippen molar-refractivity contribution >= 4 is 30.9 Å². The van der Waals surface area contributed by atoms with Gasteiger partial charge >= 0.3 is 5.97 Å². The zero-order valence-corrected chi connectivity index (χ0v) is 21.3. The molecular weight excluding hydrogens is 439 g/mol. The Bertz CT molecular complexity index is 1190. The van der Waals surface area contributed by atoms with Gasteiger partial charge in [0.25, 0.3) is 0 Å². The van der Waals surface area contributed by atoms with Gasteiger partial charge in [-0.2, -0.15) is 0 Å². The van der Waals surface area contributed by atoms with Crippen LogP contribution in [0.5, 0.6) is 0 Å². The summed E-state index contributed by atoms with van der Waals surface area (Å²) in [6, 6.07) is 1.38. The fourth-order valence-corrected chi connectivity index (χ4v) is 5.29. The largest absolute Gasteiger partial charge is 0.462 e. The summed E-state index contributed by atoms with van der Waals surface area (Å²) < 4.78 is 28.6. The first-order chi connectivity index (χ1) is 15.4. The molecule has 2 aliphatic rings. The molecular formula is C25H33FN2O4Si. The van der Waals surface area contributed by atoms with E-state index in [0.717, 1.165) is 24.8 Å². The van der Waals surface area contributed by atoms with E-state index in [0.29, 0.717) is 12.1 Å². The SMILES string of the molecule is CCOC(=O)c1cn(C2CC2)c2nc(C3=CC(O[Si](C)(C)C(C)(C)C)CC3)c(F)cc2c1=O. The number of pyridine rings is 2. The van der Waals surface area contributed by atoms with Gasteiger partial charge in [0.2, 0.25) is 5.43 Å². The maximum atomic E-state index is 15.2. The molecule has 0 saturated heterocycles. The van der Waals surface area contributed by atoms with Crippen LogP contribution in [0.15, 0.2) is 23.1 Å². The first-order valence-corrected chi connectivity index (χ1v) is 14.6. The van der Waals surface area contributed by atoms with Crippen molar-refractivity contribution in [1.82, 2.24) is 9.55 Å². The van der Waals surface area contributed by atoms with Gasteiger partial charge in [-0.25, -0.2) is 14.2 Å². The van der Waals surface area contributed by atoms with Gasteiger partial charge in [-0.15, -0.1) is 0 Å². The Hall–Kier alpha value is -2.32. The van der Waals surface area contributed by atoms with Gasteiger partial charge in [0.15, 0.2) is 8.32 Å². The minimum atomic E-state index is -1.95. The van der Waals surface area contributed by atoms with Crippen molar-refractivity contribution in [2.24, 2.45) is 0 Å². The number of rotatable bonds is 6.